The van der Waals surface area contributed by atoms with E-state index in [0.29, 0.717) is 0 Å². The highest BCUT2D eigenvalue weighted by Crippen LogP contribution is 2.22. The van der Waals surface area contributed by atoms with E-state index in [1.165, 1.54) is 5.56 Å². The molecule has 2 aromatic rings. The van der Waals surface area contributed by atoms with Crippen LogP contribution in [0.3, 0.4) is 0 Å². The fraction of sp³-hybridized carbons (Fsp3) is 0.286. The van der Waals surface area contributed by atoms with Gasteiger partial charge in [0, 0.05) is 5.56 Å². The molecule has 2 rings (SSSR count). The number of aryl methyl sites for hydroxylation is 1. The maximum atomic E-state index is 5.72. The number of hydrogen-bond donors (Lipinski definition) is 1. The minimum Gasteiger partial charge on any atom is -0.460 e. The molecule has 1 heterocycles. The largest absolute Gasteiger partial charge is 0.460 e. The molecule has 0 amide bonds. The molecule has 0 fully saturated rings. The van der Waals surface area contributed by atoms with E-state index in [0.717, 1.165) is 30.0 Å². The first-order chi connectivity index (χ1) is 7.83. The van der Waals surface area contributed by atoms with Crippen LogP contribution in [0.15, 0.2) is 40.8 Å². The van der Waals surface area contributed by atoms with E-state index >= 15 is 0 Å². The molecule has 0 saturated heterocycles. The van der Waals surface area contributed by atoms with Gasteiger partial charge in [-0.3, -0.25) is 0 Å². The molecule has 16 heavy (non-hydrogen) atoms. The molecular weight excluding hydrogens is 198 g/mol. The number of furan rings is 1. The molecule has 2 heteroatoms. The molecule has 0 aliphatic heterocycles. The Kier molecular flexibility index (Phi) is 3.42. The monoisotopic (exact) mass is 215 g/mol. The first-order valence-electron chi connectivity index (χ1n) is 5.66. The minimum absolute atomic E-state index is 0.771. The summed E-state index contributed by atoms with van der Waals surface area (Å²) in [7, 11) is 1.91. The molecule has 0 unspecified atom stereocenters. The topological polar surface area (TPSA) is 25.2 Å². The summed E-state index contributed by atoms with van der Waals surface area (Å²) in [6.07, 6.45) is 1.07. The fourth-order valence-corrected chi connectivity index (χ4v) is 1.71. The van der Waals surface area contributed by atoms with Crippen molar-refractivity contribution in [2.75, 3.05) is 7.05 Å². The van der Waals surface area contributed by atoms with Gasteiger partial charge in [-0.1, -0.05) is 31.2 Å². The highest BCUT2D eigenvalue weighted by Gasteiger charge is 2.03. The van der Waals surface area contributed by atoms with Gasteiger partial charge in [-0.15, -0.1) is 0 Å². The summed E-state index contributed by atoms with van der Waals surface area (Å²) in [4.78, 5) is 0. The summed E-state index contributed by atoms with van der Waals surface area (Å²) >= 11 is 0. The second-order valence-electron chi connectivity index (χ2n) is 3.85. The van der Waals surface area contributed by atoms with Gasteiger partial charge in [0.15, 0.2) is 0 Å². The SMILES string of the molecule is CCc1ccc(-c2ccc(CNC)o2)cc1. The summed E-state index contributed by atoms with van der Waals surface area (Å²) in [5, 5.41) is 3.07. The van der Waals surface area contributed by atoms with E-state index in [-0.39, 0.29) is 0 Å². The van der Waals surface area contributed by atoms with E-state index in [1.807, 2.05) is 19.2 Å². The van der Waals surface area contributed by atoms with Gasteiger partial charge in [0.2, 0.25) is 0 Å². The van der Waals surface area contributed by atoms with Crippen molar-refractivity contribution >= 4 is 0 Å². The highest BCUT2D eigenvalue weighted by atomic mass is 16.3. The smallest absolute Gasteiger partial charge is 0.134 e. The van der Waals surface area contributed by atoms with Crippen molar-refractivity contribution in [1.29, 1.82) is 0 Å². The predicted octanol–water partition coefficient (Wildman–Crippen LogP) is 3.23. The molecule has 0 radical (unpaired) electrons. The molecule has 84 valence electrons. The number of rotatable bonds is 4. The van der Waals surface area contributed by atoms with E-state index in [1.54, 1.807) is 0 Å². The van der Waals surface area contributed by atoms with E-state index < -0.39 is 0 Å². The Morgan fingerprint density at radius 3 is 2.44 bits per heavy atom. The summed E-state index contributed by atoms with van der Waals surface area (Å²) < 4.78 is 5.72. The van der Waals surface area contributed by atoms with Crippen molar-refractivity contribution in [2.24, 2.45) is 0 Å². The van der Waals surface area contributed by atoms with Crippen molar-refractivity contribution in [2.45, 2.75) is 19.9 Å². The highest BCUT2D eigenvalue weighted by molar-refractivity contribution is 5.57. The van der Waals surface area contributed by atoms with Crippen molar-refractivity contribution in [1.82, 2.24) is 5.32 Å². The minimum atomic E-state index is 0.771. The Balaban J connectivity index is 2.21. The van der Waals surface area contributed by atoms with Crippen LogP contribution < -0.4 is 5.32 Å². The lowest BCUT2D eigenvalue weighted by molar-refractivity contribution is 0.507. The molecule has 0 bridgehead atoms. The fourth-order valence-electron chi connectivity index (χ4n) is 1.71. The second kappa shape index (κ2) is 4.99. The van der Waals surface area contributed by atoms with E-state index in [9.17, 15) is 0 Å². The molecule has 0 saturated carbocycles. The van der Waals surface area contributed by atoms with E-state index in [4.69, 9.17) is 4.42 Å². The average molecular weight is 215 g/mol. The first-order valence-corrected chi connectivity index (χ1v) is 5.66. The molecule has 1 aromatic carbocycles. The molecule has 0 aliphatic rings. The van der Waals surface area contributed by atoms with Gasteiger partial charge in [0.25, 0.3) is 0 Å². The van der Waals surface area contributed by atoms with Crippen molar-refractivity contribution in [3.05, 3.63) is 47.7 Å². The lowest BCUT2D eigenvalue weighted by atomic mass is 10.1. The standard InChI is InChI=1S/C14H17NO/c1-3-11-4-6-12(7-5-11)14-9-8-13(16-14)10-15-2/h4-9,15H,3,10H2,1-2H3. The zero-order valence-electron chi connectivity index (χ0n) is 9.79. The molecule has 0 spiro atoms. The maximum absolute atomic E-state index is 5.72. The summed E-state index contributed by atoms with van der Waals surface area (Å²) in [6.45, 7) is 2.93. The van der Waals surface area contributed by atoms with Crippen LogP contribution >= 0.6 is 0 Å². The summed E-state index contributed by atoms with van der Waals surface area (Å²) in [6, 6.07) is 12.6. The second-order valence-corrected chi connectivity index (χ2v) is 3.85. The van der Waals surface area contributed by atoms with Gasteiger partial charge in [0.1, 0.15) is 11.5 Å². The number of hydrogen-bond acceptors (Lipinski definition) is 2. The molecule has 1 N–H and O–H groups in total. The Bertz CT molecular complexity index is 442. The van der Waals surface area contributed by atoms with Crippen LogP contribution in [0.1, 0.15) is 18.2 Å². The van der Waals surface area contributed by atoms with Crippen molar-refractivity contribution in [3.8, 4) is 11.3 Å². The molecule has 1 aromatic heterocycles. The Labute approximate surface area is 96.3 Å². The normalized spacial score (nSPS) is 10.6. The third kappa shape index (κ3) is 2.34. The van der Waals surface area contributed by atoms with Crippen molar-refractivity contribution < 1.29 is 4.42 Å². The molecule has 2 nitrogen and oxygen atoms in total. The zero-order chi connectivity index (χ0) is 11.4. The molecule has 0 aliphatic carbocycles. The Morgan fingerprint density at radius 2 is 1.81 bits per heavy atom. The van der Waals surface area contributed by atoms with Gasteiger partial charge < -0.3 is 9.73 Å². The van der Waals surface area contributed by atoms with E-state index in [2.05, 4.69) is 36.5 Å². The third-order valence-electron chi connectivity index (χ3n) is 2.66. The summed E-state index contributed by atoms with van der Waals surface area (Å²) in [5.41, 5.74) is 2.49. The van der Waals surface area contributed by atoms with Crippen LogP contribution in [-0.2, 0) is 13.0 Å². The van der Waals surface area contributed by atoms with Gasteiger partial charge in [-0.25, -0.2) is 0 Å². The Morgan fingerprint density at radius 1 is 1.06 bits per heavy atom. The van der Waals surface area contributed by atoms with Gasteiger partial charge in [-0.2, -0.15) is 0 Å². The first kappa shape index (κ1) is 11.0. The zero-order valence-corrected chi connectivity index (χ0v) is 9.79. The Hall–Kier alpha value is -1.54. The van der Waals surface area contributed by atoms with Gasteiger partial charge in [-0.05, 0) is 31.2 Å². The molecular formula is C14H17NO. The van der Waals surface area contributed by atoms with Crippen molar-refractivity contribution in [3.63, 3.8) is 0 Å². The molecule has 0 atom stereocenters. The van der Waals surface area contributed by atoms with Gasteiger partial charge in [0.05, 0.1) is 6.54 Å². The van der Waals surface area contributed by atoms with Crippen LogP contribution in [0, 0.1) is 0 Å². The quantitative estimate of drug-likeness (QED) is 0.847. The van der Waals surface area contributed by atoms with Crippen LogP contribution in [-0.4, -0.2) is 7.05 Å². The number of benzene rings is 1. The lowest BCUT2D eigenvalue weighted by Crippen LogP contribution is -2.03. The average Bonchev–Trinajstić information content (AvgIpc) is 2.78. The maximum Gasteiger partial charge on any atom is 0.134 e. The lowest BCUT2D eigenvalue weighted by Gasteiger charge is -1.99. The third-order valence-corrected chi connectivity index (χ3v) is 2.66. The van der Waals surface area contributed by atoms with Gasteiger partial charge >= 0.3 is 0 Å². The predicted molar refractivity (Wildman–Crippen MR) is 66.3 cm³/mol. The number of nitrogens with one attached hydrogen (secondary N) is 1. The van der Waals surface area contributed by atoms with Crippen LogP contribution in [0.4, 0.5) is 0 Å². The van der Waals surface area contributed by atoms with Crippen LogP contribution in [0.5, 0.6) is 0 Å². The van der Waals surface area contributed by atoms with Crippen LogP contribution in [0.25, 0.3) is 11.3 Å². The summed E-state index contributed by atoms with van der Waals surface area (Å²) in [5.74, 6) is 1.91. The van der Waals surface area contributed by atoms with Crippen LogP contribution in [0.2, 0.25) is 0 Å².